The van der Waals surface area contributed by atoms with E-state index in [9.17, 15) is 5.11 Å². The molecule has 0 unspecified atom stereocenters. The van der Waals surface area contributed by atoms with E-state index in [1.54, 1.807) is 0 Å². The number of aromatic amines is 1. The van der Waals surface area contributed by atoms with Gasteiger partial charge in [-0.3, -0.25) is 0 Å². The van der Waals surface area contributed by atoms with Gasteiger partial charge in [0, 0.05) is 16.6 Å². The number of hydrogen-bond donors (Lipinski definition) is 2. The Morgan fingerprint density at radius 1 is 1.43 bits per heavy atom. The first-order valence-corrected chi connectivity index (χ1v) is 5.05. The minimum atomic E-state index is -0.280. The van der Waals surface area contributed by atoms with Gasteiger partial charge in [0.05, 0.1) is 6.10 Å². The van der Waals surface area contributed by atoms with Crippen molar-refractivity contribution in [1.82, 2.24) is 4.98 Å². The van der Waals surface area contributed by atoms with Gasteiger partial charge in [0.1, 0.15) is 0 Å². The molecule has 72 valence electrons. The van der Waals surface area contributed by atoms with Gasteiger partial charge in [-0.25, -0.2) is 0 Å². The number of rotatable bonds is 0. The zero-order valence-corrected chi connectivity index (χ0v) is 8.17. The van der Waals surface area contributed by atoms with E-state index in [1.165, 1.54) is 16.5 Å². The second-order valence-electron chi connectivity index (χ2n) is 4.12. The smallest absolute Gasteiger partial charge is 0.0944 e. The van der Waals surface area contributed by atoms with Crippen molar-refractivity contribution in [2.75, 3.05) is 0 Å². The van der Waals surface area contributed by atoms with Crippen molar-refractivity contribution in [2.24, 2.45) is 0 Å². The first kappa shape index (κ1) is 8.06. The van der Waals surface area contributed by atoms with Crippen molar-refractivity contribution < 1.29 is 5.11 Å². The van der Waals surface area contributed by atoms with Crippen molar-refractivity contribution in [3.05, 3.63) is 35.0 Å². The lowest BCUT2D eigenvalue weighted by Gasteiger charge is -1.98. The van der Waals surface area contributed by atoms with Gasteiger partial charge in [0.25, 0.3) is 0 Å². The number of H-pyrrole nitrogens is 1. The molecule has 0 spiro atoms. The van der Waals surface area contributed by atoms with E-state index < -0.39 is 0 Å². The highest BCUT2D eigenvalue weighted by atomic mass is 16.3. The van der Waals surface area contributed by atoms with Gasteiger partial charge in [-0.2, -0.15) is 0 Å². The summed E-state index contributed by atoms with van der Waals surface area (Å²) in [6.07, 6.45) is 1.59. The molecule has 0 saturated heterocycles. The third kappa shape index (κ3) is 0.946. The summed E-state index contributed by atoms with van der Waals surface area (Å²) in [5.74, 6) is 0. The highest BCUT2D eigenvalue weighted by molar-refractivity contribution is 5.86. The molecule has 2 N–H and O–H groups in total. The SMILES string of the molecule is Cc1ccc2[nH]c3c(c2c1)CC[C@@H]3O. The molecule has 1 aromatic heterocycles. The quantitative estimate of drug-likeness (QED) is 0.653. The summed E-state index contributed by atoms with van der Waals surface area (Å²) in [5, 5.41) is 11.0. The molecule has 0 amide bonds. The molecule has 2 nitrogen and oxygen atoms in total. The normalized spacial score (nSPS) is 20.3. The molecule has 0 radical (unpaired) electrons. The second kappa shape index (κ2) is 2.61. The Balaban J connectivity index is 2.36. The number of benzene rings is 1. The number of aryl methyl sites for hydroxylation is 2. The van der Waals surface area contributed by atoms with Crippen molar-refractivity contribution in [1.29, 1.82) is 0 Å². The predicted molar refractivity (Wildman–Crippen MR) is 56.3 cm³/mol. The minimum absolute atomic E-state index is 0.280. The fourth-order valence-corrected chi connectivity index (χ4v) is 2.36. The van der Waals surface area contributed by atoms with Gasteiger partial charge in [0.15, 0.2) is 0 Å². The van der Waals surface area contributed by atoms with Crippen LogP contribution in [0.4, 0.5) is 0 Å². The third-order valence-corrected chi connectivity index (χ3v) is 3.10. The van der Waals surface area contributed by atoms with E-state index in [2.05, 4.69) is 30.1 Å². The van der Waals surface area contributed by atoms with Crippen molar-refractivity contribution >= 4 is 10.9 Å². The number of aliphatic hydroxyl groups is 1. The van der Waals surface area contributed by atoms with Crippen molar-refractivity contribution in [3.63, 3.8) is 0 Å². The van der Waals surface area contributed by atoms with E-state index in [4.69, 9.17) is 0 Å². The van der Waals surface area contributed by atoms with Crippen LogP contribution >= 0.6 is 0 Å². The summed E-state index contributed by atoms with van der Waals surface area (Å²) in [6.45, 7) is 2.10. The molecule has 0 fully saturated rings. The standard InChI is InChI=1S/C12H13NO/c1-7-2-4-10-9(6-7)8-3-5-11(14)12(8)13-10/h2,4,6,11,13-14H,3,5H2,1H3/t11-/m0/s1. The summed E-state index contributed by atoms with van der Waals surface area (Å²) >= 11 is 0. The van der Waals surface area contributed by atoms with Crippen LogP contribution in [0, 0.1) is 6.92 Å². The summed E-state index contributed by atoms with van der Waals surface area (Å²) < 4.78 is 0. The average Bonchev–Trinajstić information content (AvgIpc) is 2.67. The van der Waals surface area contributed by atoms with Crippen LogP contribution in [0.3, 0.4) is 0 Å². The Morgan fingerprint density at radius 2 is 2.29 bits per heavy atom. The lowest BCUT2D eigenvalue weighted by atomic mass is 10.1. The molecule has 1 aromatic carbocycles. The molecule has 0 saturated carbocycles. The molecular formula is C12H13NO. The van der Waals surface area contributed by atoms with Crippen LogP contribution in [-0.2, 0) is 6.42 Å². The fourth-order valence-electron chi connectivity index (χ4n) is 2.36. The van der Waals surface area contributed by atoms with Crippen LogP contribution in [0.25, 0.3) is 10.9 Å². The Bertz CT molecular complexity index is 498. The van der Waals surface area contributed by atoms with Gasteiger partial charge in [-0.05, 0) is 37.5 Å². The Hall–Kier alpha value is -1.28. The first-order chi connectivity index (χ1) is 6.75. The van der Waals surface area contributed by atoms with Crippen LogP contribution in [0.5, 0.6) is 0 Å². The second-order valence-corrected chi connectivity index (χ2v) is 4.12. The van der Waals surface area contributed by atoms with Gasteiger partial charge in [-0.1, -0.05) is 11.6 Å². The topological polar surface area (TPSA) is 36.0 Å². The molecule has 2 aromatic rings. The summed E-state index contributed by atoms with van der Waals surface area (Å²) in [4.78, 5) is 3.30. The molecule has 3 rings (SSSR count). The molecule has 14 heavy (non-hydrogen) atoms. The largest absolute Gasteiger partial charge is 0.387 e. The highest BCUT2D eigenvalue weighted by Gasteiger charge is 2.24. The molecule has 1 aliphatic carbocycles. The number of aliphatic hydroxyl groups excluding tert-OH is 1. The van der Waals surface area contributed by atoms with E-state index in [0.29, 0.717) is 0 Å². The van der Waals surface area contributed by atoms with E-state index >= 15 is 0 Å². The first-order valence-electron chi connectivity index (χ1n) is 5.05. The molecule has 1 atom stereocenters. The van der Waals surface area contributed by atoms with Crippen LogP contribution in [0.15, 0.2) is 18.2 Å². The maximum atomic E-state index is 9.72. The summed E-state index contributed by atoms with van der Waals surface area (Å²) in [5.41, 5.74) is 4.78. The Labute approximate surface area is 82.6 Å². The van der Waals surface area contributed by atoms with Crippen molar-refractivity contribution in [3.8, 4) is 0 Å². The predicted octanol–water partition coefficient (Wildman–Crippen LogP) is 2.46. The van der Waals surface area contributed by atoms with Gasteiger partial charge in [-0.15, -0.1) is 0 Å². The van der Waals surface area contributed by atoms with E-state index in [1.807, 2.05) is 0 Å². The Morgan fingerprint density at radius 3 is 3.14 bits per heavy atom. The monoisotopic (exact) mass is 187 g/mol. The summed E-state index contributed by atoms with van der Waals surface area (Å²) in [6, 6.07) is 6.39. The van der Waals surface area contributed by atoms with E-state index in [0.717, 1.165) is 24.1 Å². The van der Waals surface area contributed by atoms with Crippen LogP contribution in [0.1, 0.15) is 29.3 Å². The van der Waals surface area contributed by atoms with Gasteiger partial charge < -0.3 is 10.1 Å². The molecular weight excluding hydrogens is 174 g/mol. The van der Waals surface area contributed by atoms with Crippen LogP contribution in [-0.4, -0.2) is 10.1 Å². The third-order valence-electron chi connectivity index (χ3n) is 3.10. The fraction of sp³-hybridized carbons (Fsp3) is 0.333. The summed E-state index contributed by atoms with van der Waals surface area (Å²) in [7, 11) is 0. The zero-order chi connectivity index (χ0) is 9.71. The molecule has 2 heteroatoms. The maximum absolute atomic E-state index is 9.72. The lowest BCUT2D eigenvalue weighted by molar-refractivity contribution is 0.176. The number of aromatic nitrogens is 1. The molecule has 1 heterocycles. The lowest BCUT2D eigenvalue weighted by Crippen LogP contribution is -1.89. The molecule has 0 bridgehead atoms. The highest BCUT2D eigenvalue weighted by Crippen LogP contribution is 2.36. The molecule has 1 aliphatic rings. The number of nitrogens with one attached hydrogen (secondary N) is 1. The number of hydrogen-bond acceptors (Lipinski definition) is 1. The van der Waals surface area contributed by atoms with Gasteiger partial charge in [0.2, 0.25) is 0 Å². The average molecular weight is 187 g/mol. The van der Waals surface area contributed by atoms with Crippen LogP contribution in [0.2, 0.25) is 0 Å². The Kier molecular flexibility index (Phi) is 1.50. The zero-order valence-electron chi connectivity index (χ0n) is 8.17. The van der Waals surface area contributed by atoms with Gasteiger partial charge >= 0.3 is 0 Å². The van der Waals surface area contributed by atoms with Crippen molar-refractivity contribution in [2.45, 2.75) is 25.9 Å². The van der Waals surface area contributed by atoms with E-state index in [-0.39, 0.29) is 6.10 Å². The maximum Gasteiger partial charge on any atom is 0.0944 e. The van der Waals surface area contributed by atoms with Crippen LogP contribution < -0.4 is 0 Å². The molecule has 0 aliphatic heterocycles. The number of fused-ring (bicyclic) bond motifs is 3. The minimum Gasteiger partial charge on any atom is -0.387 e.